The van der Waals surface area contributed by atoms with Gasteiger partial charge in [0.25, 0.3) is 0 Å². The second kappa shape index (κ2) is 7.51. The van der Waals surface area contributed by atoms with Crippen molar-refractivity contribution in [1.29, 1.82) is 0 Å². The predicted octanol–water partition coefficient (Wildman–Crippen LogP) is 0.660. The van der Waals surface area contributed by atoms with Crippen LogP contribution < -0.4 is 5.32 Å². The number of morpholine rings is 1. The Bertz CT molecular complexity index is 144. The molecule has 0 aromatic heterocycles. The number of hydrogen-bond donors (Lipinski definition) is 1. The molecule has 1 aliphatic heterocycles. The third-order valence-corrected chi connectivity index (χ3v) is 3.40. The van der Waals surface area contributed by atoms with Crippen LogP contribution in [0, 0.1) is 0 Å². The summed E-state index contributed by atoms with van der Waals surface area (Å²) in [5.41, 5.74) is 0. The zero-order chi connectivity index (χ0) is 10.2. The minimum atomic E-state index is 0.575. The first kappa shape index (κ1) is 12.3. The Morgan fingerprint density at radius 3 is 3.14 bits per heavy atom. The van der Waals surface area contributed by atoms with Gasteiger partial charge < -0.3 is 10.1 Å². The largest absolute Gasteiger partial charge is 0.378 e. The van der Waals surface area contributed by atoms with Crippen LogP contribution in [0.25, 0.3) is 0 Å². The zero-order valence-electron chi connectivity index (χ0n) is 9.29. The summed E-state index contributed by atoms with van der Waals surface area (Å²) in [7, 11) is 2.01. The van der Waals surface area contributed by atoms with E-state index in [9.17, 15) is 0 Å². The highest BCUT2D eigenvalue weighted by Gasteiger charge is 2.21. The number of likely N-dealkylation sites (N-methyl/N-ethyl adjacent to an activating group) is 1. The summed E-state index contributed by atoms with van der Waals surface area (Å²) >= 11 is 2.02. The monoisotopic (exact) mass is 218 g/mol. The maximum absolute atomic E-state index is 5.48. The van der Waals surface area contributed by atoms with Gasteiger partial charge in [0.1, 0.15) is 0 Å². The van der Waals surface area contributed by atoms with E-state index in [0.717, 1.165) is 26.3 Å². The molecule has 0 amide bonds. The first-order chi connectivity index (χ1) is 6.88. The van der Waals surface area contributed by atoms with E-state index in [4.69, 9.17) is 4.74 Å². The quantitative estimate of drug-likeness (QED) is 0.662. The molecule has 0 saturated carbocycles. The van der Waals surface area contributed by atoms with Gasteiger partial charge in [-0.2, -0.15) is 11.8 Å². The van der Waals surface area contributed by atoms with Crippen molar-refractivity contribution < 1.29 is 4.74 Å². The molecule has 14 heavy (non-hydrogen) atoms. The first-order valence-corrected chi connectivity index (χ1v) is 6.58. The van der Waals surface area contributed by atoms with E-state index in [-0.39, 0.29) is 0 Å². The van der Waals surface area contributed by atoms with Crippen LogP contribution in [0.1, 0.15) is 6.92 Å². The predicted molar refractivity (Wildman–Crippen MR) is 63.1 cm³/mol. The van der Waals surface area contributed by atoms with Crippen molar-refractivity contribution in [1.82, 2.24) is 10.2 Å². The van der Waals surface area contributed by atoms with Crippen LogP contribution in [0.4, 0.5) is 0 Å². The van der Waals surface area contributed by atoms with Crippen LogP contribution in [0.15, 0.2) is 0 Å². The summed E-state index contributed by atoms with van der Waals surface area (Å²) in [4.78, 5) is 2.54. The number of ether oxygens (including phenoxy) is 1. The van der Waals surface area contributed by atoms with Crippen LogP contribution >= 0.6 is 11.8 Å². The van der Waals surface area contributed by atoms with Crippen molar-refractivity contribution in [2.75, 3.05) is 51.4 Å². The molecule has 84 valence electrons. The van der Waals surface area contributed by atoms with Gasteiger partial charge >= 0.3 is 0 Å². The van der Waals surface area contributed by atoms with Gasteiger partial charge in [-0.25, -0.2) is 0 Å². The summed E-state index contributed by atoms with van der Waals surface area (Å²) in [6.45, 7) is 7.34. The molecule has 0 aliphatic carbocycles. The van der Waals surface area contributed by atoms with E-state index in [1.807, 2.05) is 18.8 Å². The lowest BCUT2D eigenvalue weighted by molar-refractivity contribution is -0.00296. The molecule has 0 aromatic carbocycles. The van der Waals surface area contributed by atoms with E-state index in [1.54, 1.807) is 0 Å². The third kappa shape index (κ3) is 4.17. The Labute approximate surface area is 91.6 Å². The van der Waals surface area contributed by atoms with Gasteiger partial charge in [-0.1, -0.05) is 6.92 Å². The van der Waals surface area contributed by atoms with E-state index >= 15 is 0 Å². The zero-order valence-corrected chi connectivity index (χ0v) is 10.1. The highest BCUT2D eigenvalue weighted by Crippen LogP contribution is 2.08. The molecule has 3 nitrogen and oxygen atoms in total. The van der Waals surface area contributed by atoms with Crippen LogP contribution in [-0.4, -0.2) is 62.3 Å². The minimum absolute atomic E-state index is 0.575. The number of rotatable bonds is 6. The molecule has 0 spiro atoms. The van der Waals surface area contributed by atoms with Gasteiger partial charge in [0.2, 0.25) is 0 Å². The fraction of sp³-hybridized carbons (Fsp3) is 1.00. The first-order valence-electron chi connectivity index (χ1n) is 5.42. The van der Waals surface area contributed by atoms with Crippen molar-refractivity contribution in [3.63, 3.8) is 0 Å². The average molecular weight is 218 g/mol. The Morgan fingerprint density at radius 2 is 2.43 bits per heavy atom. The molecule has 1 aliphatic rings. The van der Waals surface area contributed by atoms with Crippen LogP contribution in [-0.2, 0) is 4.74 Å². The van der Waals surface area contributed by atoms with Gasteiger partial charge in [-0.3, -0.25) is 4.90 Å². The lowest BCUT2D eigenvalue weighted by Crippen LogP contribution is -2.50. The fourth-order valence-electron chi connectivity index (χ4n) is 1.73. The number of hydrogen-bond acceptors (Lipinski definition) is 4. The highest BCUT2D eigenvalue weighted by molar-refractivity contribution is 7.99. The van der Waals surface area contributed by atoms with Gasteiger partial charge in [-0.15, -0.1) is 0 Å². The average Bonchev–Trinajstić information content (AvgIpc) is 2.21. The third-order valence-electron chi connectivity index (χ3n) is 2.52. The number of nitrogens with zero attached hydrogens (tertiary/aromatic N) is 1. The Kier molecular flexibility index (Phi) is 6.60. The summed E-state index contributed by atoms with van der Waals surface area (Å²) in [5, 5.41) is 3.23. The second-order valence-corrected chi connectivity index (χ2v) is 4.91. The summed E-state index contributed by atoms with van der Waals surface area (Å²) in [6.07, 6.45) is 0. The molecule has 0 bridgehead atoms. The molecule has 0 radical (unpaired) electrons. The van der Waals surface area contributed by atoms with Crippen molar-refractivity contribution in [2.24, 2.45) is 0 Å². The summed E-state index contributed by atoms with van der Waals surface area (Å²) < 4.78 is 5.48. The normalized spacial score (nSPS) is 24.0. The van der Waals surface area contributed by atoms with Gasteiger partial charge in [-0.05, 0) is 12.8 Å². The minimum Gasteiger partial charge on any atom is -0.378 e. The summed E-state index contributed by atoms with van der Waals surface area (Å²) in [5.74, 6) is 2.47. The molecule has 1 saturated heterocycles. The molecule has 1 heterocycles. The van der Waals surface area contributed by atoms with E-state index in [0.29, 0.717) is 6.04 Å². The molecule has 1 rings (SSSR count). The Balaban J connectivity index is 2.22. The highest BCUT2D eigenvalue weighted by atomic mass is 32.2. The lowest BCUT2D eigenvalue weighted by Gasteiger charge is -2.35. The van der Waals surface area contributed by atoms with Crippen LogP contribution in [0.3, 0.4) is 0 Å². The van der Waals surface area contributed by atoms with Crippen molar-refractivity contribution in [3.8, 4) is 0 Å². The topological polar surface area (TPSA) is 24.5 Å². The van der Waals surface area contributed by atoms with Gasteiger partial charge in [0, 0.05) is 31.4 Å². The van der Waals surface area contributed by atoms with Crippen LogP contribution in [0.2, 0.25) is 0 Å². The molecular formula is C10H22N2OS. The standard InChI is InChI=1S/C10H22N2OS/c1-3-14-7-5-12-4-6-13-9-10(12)8-11-2/h10-11H,3-9H2,1-2H3. The van der Waals surface area contributed by atoms with E-state index in [1.165, 1.54) is 18.1 Å². The molecule has 0 aromatic rings. The summed E-state index contributed by atoms with van der Waals surface area (Å²) in [6, 6.07) is 0.575. The maximum atomic E-state index is 5.48. The SMILES string of the molecule is CCSCCN1CCOCC1CNC. The van der Waals surface area contributed by atoms with Crippen molar-refractivity contribution >= 4 is 11.8 Å². The molecule has 4 heteroatoms. The van der Waals surface area contributed by atoms with Gasteiger partial charge in [0.15, 0.2) is 0 Å². The molecule has 1 atom stereocenters. The van der Waals surface area contributed by atoms with Crippen molar-refractivity contribution in [3.05, 3.63) is 0 Å². The maximum Gasteiger partial charge on any atom is 0.0634 e. The van der Waals surface area contributed by atoms with Gasteiger partial charge in [0.05, 0.1) is 13.2 Å². The van der Waals surface area contributed by atoms with Crippen molar-refractivity contribution in [2.45, 2.75) is 13.0 Å². The molecule has 1 fully saturated rings. The lowest BCUT2D eigenvalue weighted by atomic mass is 10.2. The second-order valence-electron chi connectivity index (χ2n) is 3.52. The smallest absolute Gasteiger partial charge is 0.0634 e. The fourth-order valence-corrected chi connectivity index (χ4v) is 2.39. The number of nitrogens with one attached hydrogen (secondary N) is 1. The molecule has 1 unspecified atom stereocenters. The Hall–Kier alpha value is 0.230. The van der Waals surface area contributed by atoms with E-state index in [2.05, 4.69) is 17.1 Å². The Morgan fingerprint density at radius 1 is 1.57 bits per heavy atom. The molecule has 1 N–H and O–H groups in total. The van der Waals surface area contributed by atoms with E-state index < -0.39 is 0 Å². The van der Waals surface area contributed by atoms with Crippen LogP contribution in [0.5, 0.6) is 0 Å². The molecular weight excluding hydrogens is 196 g/mol. The number of thioether (sulfide) groups is 1.